The van der Waals surface area contributed by atoms with Crippen molar-refractivity contribution < 1.29 is 9.47 Å². The summed E-state index contributed by atoms with van der Waals surface area (Å²) >= 11 is 0. The van der Waals surface area contributed by atoms with E-state index in [-0.39, 0.29) is 0 Å². The Labute approximate surface area is 122 Å². The number of methoxy groups -OCH3 is 1. The Morgan fingerprint density at radius 2 is 1.80 bits per heavy atom. The first-order chi connectivity index (χ1) is 9.63. The van der Waals surface area contributed by atoms with Crippen LogP contribution in [0.15, 0.2) is 12.1 Å². The number of benzene rings is 1. The highest BCUT2D eigenvalue weighted by atomic mass is 16.5. The summed E-state index contributed by atoms with van der Waals surface area (Å²) in [6.07, 6.45) is 5.15. The fraction of sp³-hybridized carbons (Fsp3) is 0.647. The van der Waals surface area contributed by atoms with Crippen LogP contribution in [0.2, 0.25) is 0 Å². The largest absolute Gasteiger partial charge is 0.490 e. The number of aryl methyl sites for hydroxylation is 2. The van der Waals surface area contributed by atoms with Gasteiger partial charge in [-0.25, -0.2) is 0 Å². The van der Waals surface area contributed by atoms with Gasteiger partial charge < -0.3 is 14.8 Å². The van der Waals surface area contributed by atoms with Gasteiger partial charge in [-0.1, -0.05) is 12.1 Å². The Bertz CT molecular complexity index is 422. The van der Waals surface area contributed by atoms with Crippen molar-refractivity contribution in [1.82, 2.24) is 5.32 Å². The Morgan fingerprint density at radius 3 is 2.40 bits per heavy atom. The van der Waals surface area contributed by atoms with Crippen LogP contribution in [0, 0.1) is 13.8 Å². The van der Waals surface area contributed by atoms with Crippen LogP contribution < -0.4 is 10.1 Å². The highest BCUT2D eigenvalue weighted by molar-refractivity contribution is 5.43. The molecule has 1 aliphatic carbocycles. The molecule has 0 saturated heterocycles. The average Bonchev–Trinajstić information content (AvgIpc) is 2.43. The molecule has 1 N–H and O–H groups in total. The average molecular weight is 277 g/mol. The number of hydrogen-bond acceptors (Lipinski definition) is 3. The molecule has 1 fully saturated rings. The normalized spacial score (nSPS) is 22.8. The molecular formula is C17H27NO2. The highest BCUT2D eigenvalue weighted by Gasteiger charge is 2.24. The molecule has 1 saturated carbocycles. The van der Waals surface area contributed by atoms with Gasteiger partial charge in [-0.2, -0.15) is 0 Å². The Hall–Kier alpha value is -1.06. The first-order valence-electron chi connectivity index (χ1n) is 7.58. The number of hydrogen-bond donors (Lipinski definition) is 1. The summed E-state index contributed by atoms with van der Waals surface area (Å²) in [5.41, 5.74) is 3.78. The Balaban J connectivity index is 2.09. The van der Waals surface area contributed by atoms with E-state index in [1.807, 2.05) is 7.05 Å². The van der Waals surface area contributed by atoms with Crippen molar-refractivity contribution >= 4 is 0 Å². The van der Waals surface area contributed by atoms with E-state index < -0.39 is 0 Å². The molecule has 0 amide bonds. The van der Waals surface area contributed by atoms with Gasteiger partial charge in [0.15, 0.2) is 0 Å². The van der Waals surface area contributed by atoms with Crippen LogP contribution in [0.4, 0.5) is 0 Å². The fourth-order valence-electron chi connectivity index (χ4n) is 3.12. The maximum absolute atomic E-state index is 6.28. The van der Waals surface area contributed by atoms with Crippen LogP contribution in [0.5, 0.6) is 5.75 Å². The lowest BCUT2D eigenvalue weighted by Gasteiger charge is -2.30. The minimum Gasteiger partial charge on any atom is -0.490 e. The van der Waals surface area contributed by atoms with Crippen molar-refractivity contribution in [2.75, 3.05) is 14.2 Å². The van der Waals surface area contributed by atoms with Crippen LogP contribution in [-0.4, -0.2) is 26.4 Å². The maximum atomic E-state index is 6.28. The molecule has 2 unspecified atom stereocenters. The SMILES string of the molecule is CNCc1cc(C)c(OC2CCCC(OC)C2)c(C)c1. The summed E-state index contributed by atoms with van der Waals surface area (Å²) in [5, 5.41) is 3.20. The molecule has 112 valence electrons. The number of nitrogens with one attached hydrogen (secondary N) is 1. The molecule has 1 aromatic carbocycles. The summed E-state index contributed by atoms with van der Waals surface area (Å²) in [5.74, 6) is 1.06. The third kappa shape index (κ3) is 3.74. The van der Waals surface area contributed by atoms with Crippen molar-refractivity contribution in [1.29, 1.82) is 0 Å². The standard InChI is InChI=1S/C17H27NO2/c1-12-8-14(11-18-3)9-13(2)17(12)20-16-7-5-6-15(10-16)19-4/h8-9,15-16,18H,5-7,10-11H2,1-4H3. The van der Waals surface area contributed by atoms with E-state index >= 15 is 0 Å². The van der Waals surface area contributed by atoms with E-state index in [0.717, 1.165) is 31.6 Å². The Kier molecular flexibility index (Phi) is 5.44. The third-order valence-electron chi connectivity index (χ3n) is 4.10. The summed E-state index contributed by atoms with van der Waals surface area (Å²) in [7, 11) is 3.78. The van der Waals surface area contributed by atoms with Crippen molar-refractivity contribution in [3.63, 3.8) is 0 Å². The highest BCUT2D eigenvalue weighted by Crippen LogP contribution is 2.30. The van der Waals surface area contributed by atoms with E-state index in [2.05, 4.69) is 31.3 Å². The molecule has 1 aromatic rings. The molecule has 3 nitrogen and oxygen atoms in total. The predicted molar refractivity (Wildman–Crippen MR) is 82.4 cm³/mol. The zero-order valence-electron chi connectivity index (χ0n) is 13.2. The molecule has 2 atom stereocenters. The van der Waals surface area contributed by atoms with Gasteiger partial charge in [0.1, 0.15) is 11.9 Å². The molecule has 0 heterocycles. The van der Waals surface area contributed by atoms with Crippen molar-refractivity contribution in [2.45, 2.75) is 58.3 Å². The van der Waals surface area contributed by atoms with Gasteiger partial charge in [-0.3, -0.25) is 0 Å². The van der Waals surface area contributed by atoms with Gasteiger partial charge in [0.05, 0.1) is 6.10 Å². The van der Waals surface area contributed by atoms with Crippen molar-refractivity contribution in [3.05, 3.63) is 28.8 Å². The van der Waals surface area contributed by atoms with E-state index in [0.29, 0.717) is 12.2 Å². The number of ether oxygens (including phenoxy) is 2. The molecule has 20 heavy (non-hydrogen) atoms. The van der Waals surface area contributed by atoms with Gasteiger partial charge in [-0.15, -0.1) is 0 Å². The number of rotatable bonds is 5. The van der Waals surface area contributed by atoms with E-state index in [1.54, 1.807) is 7.11 Å². The lowest BCUT2D eigenvalue weighted by atomic mass is 9.94. The molecule has 3 heteroatoms. The first-order valence-corrected chi connectivity index (χ1v) is 7.58. The summed E-state index contributed by atoms with van der Waals surface area (Å²) < 4.78 is 11.8. The molecule has 2 rings (SSSR count). The lowest BCUT2D eigenvalue weighted by molar-refractivity contribution is 0.0205. The minimum atomic E-state index is 0.293. The van der Waals surface area contributed by atoms with Gasteiger partial charge in [-0.05, 0) is 56.8 Å². The predicted octanol–water partition coefficient (Wildman–Crippen LogP) is 3.36. The molecule has 0 radical (unpaired) electrons. The monoisotopic (exact) mass is 277 g/mol. The van der Waals surface area contributed by atoms with Gasteiger partial charge in [0, 0.05) is 20.1 Å². The van der Waals surface area contributed by atoms with Crippen LogP contribution >= 0.6 is 0 Å². The van der Waals surface area contributed by atoms with Crippen molar-refractivity contribution in [3.8, 4) is 5.75 Å². The van der Waals surface area contributed by atoms with E-state index in [4.69, 9.17) is 9.47 Å². The second-order valence-corrected chi connectivity index (χ2v) is 5.85. The zero-order valence-corrected chi connectivity index (χ0v) is 13.2. The molecular weight excluding hydrogens is 250 g/mol. The molecule has 0 bridgehead atoms. The van der Waals surface area contributed by atoms with Crippen LogP contribution in [0.1, 0.15) is 42.4 Å². The fourth-order valence-corrected chi connectivity index (χ4v) is 3.12. The second-order valence-electron chi connectivity index (χ2n) is 5.85. The molecule has 0 aliphatic heterocycles. The van der Waals surface area contributed by atoms with E-state index in [9.17, 15) is 0 Å². The maximum Gasteiger partial charge on any atom is 0.125 e. The Morgan fingerprint density at radius 1 is 1.15 bits per heavy atom. The molecule has 0 aromatic heterocycles. The minimum absolute atomic E-state index is 0.293. The van der Waals surface area contributed by atoms with Crippen LogP contribution in [0.25, 0.3) is 0 Å². The summed E-state index contributed by atoms with van der Waals surface area (Å²) in [4.78, 5) is 0. The van der Waals surface area contributed by atoms with Gasteiger partial charge in [0.25, 0.3) is 0 Å². The van der Waals surface area contributed by atoms with Gasteiger partial charge in [0.2, 0.25) is 0 Å². The molecule has 0 spiro atoms. The first kappa shape index (κ1) is 15.3. The quantitative estimate of drug-likeness (QED) is 0.895. The molecule has 1 aliphatic rings. The van der Waals surface area contributed by atoms with E-state index in [1.165, 1.54) is 23.1 Å². The van der Waals surface area contributed by atoms with Crippen molar-refractivity contribution in [2.24, 2.45) is 0 Å². The van der Waals surface area contributed by atoms with Crippen LogP contribution in [0.3, 0.4) is 0 Å². The topological polar surface area (TPSA) is 30.5 Å². The third-order valence-corrected chi connectivity index (χ3v) is 4.10. The van der Waals surface area contributed by atoms with Crippen LogP contribution in [-0.2, 0) is 11.3 Å². The van der Waals surface area contributed by atoms with Gasteiger partial charge >= 0.3 is 0 Å². The lowest BCUT2D eigenvalue weighted by Crippen LogP contribution is -2.29. The summed E-state index contributed by atoms with van der Waals surface area (Å²) in [6, 6.07) is 4.44. The second kappa shape index (κ2) is 7.09. The smallest absolute Gasteiger partial charge is 0.125 e. The summed E-state index contributed by atoms with van der Waals surface area (Å²) in [6.45, 7) is 5.17. The zero-order chi connectivity index (χ0) is 14.5.